The molecule has 22 heavy (non-hydrogen) atoms. The molecule has 1 fully saturated rings. The van der Waals surface area contributed by atoms with Gasteiger partial charge in [0.1, 0.15) is 0 Å². The van der Waals surface area contributed by atoms with Crippen molar-refractivity contribution in [3.63, 3.8) is 0 Å². The van der Waals surface area contributed by atoms with E-state index in [1.807, 2.05) is 48.5 Å². The Kier molecular flexibility index (Phi) is 2.79. The van der Waals surface area contributed by atoms with E-state index in [4.69, 9.17) is 0 Å². The van der Waals surface area contributed by atoms with Crippen LogP contribution in [0.15, 0.2) is 60.2 Å². The summed E-state index contributed by atoms with van der Waals surface area (Å²) in [5, 5.41) is 4.32. The Morgan fingerprint density at radius 3 is 2.00 bits per heavy atom. The Hall–Kier alpha value is -2.94. The van der Waals surface area contributed by atoms with Crippen LogP contribution in [0.25, 0.3) is 27.6 Å². The van der Waals surface area contributed by atoms with Gasteiger partial charge in [0.05, 0.1) is 6.42 Å². The molecule has 0 aromatic heterocycles. The lowest BCUT2D eigenvalue weighted by Crippen LogP contribution is -1.97. The lowest BCUT2D eigenvalue weighted by Gasteiger charge is -2.08. The number of hydrogen-bond donors (Lipinski definition) is 0. The molecule has 1 heterocycles. The molecule has 0 N–H and O–H groups in total. The first-order chi connectivity index (χ1) is 10.7. The second kappa shape index (κ2) is 4.81. The van der Waals surface area contributed by atoms with Gasteiger partial charge in [-0.3, -0.25) is 4.79 Å². The van der Waals surface area contributed by atoms with Crippen molar-refractivity contribution in [3.05, 3.63) is 65.7 Å². The number of benzene rings is 3. The third-order valence-electron chi connectivity index (χ3n) is 3.94. The van der Waals surface area contributed by atoms with E-state index in [1.54, 1.807) is 6.08 Å². The maximum atomic E-state index is 11.7. The fourth-order valence-corrected chi connectivity index (χ4v) is 2.92. The minimum Gasteiger partial charge on any atom is -0.389 e. The van der Waals surface area contributed by atoms with Crippen LogP contribution in [-0.2, 0) is 14.3 Å². The maximum Gasteiger partial charge on any atom is 0.342 e. The molecular weight excluding hydrogens is 276 g/mol. The van der Waals surface area contributed by atoms with E-state index < -0.39 is 11.9 Å². The summed E-state index contributed by atoms with van der Waals surface area (Å²) in [6.07, 6.45) is 1.83. The van der Waals surface area contributed by atoms with Gasteiger partial charge in [0, 0.05) is 5.57 Å². The van der Waals surface area contributed by atoms with E-state index in [9.17, 15) is 9.59 Å². The highest BCUT2D eigenvalue weighted by Crippen LogP contribution is 2.31. The molecule has 0 bridgehead atoms. The Balaban J connectivity index is 2.07. The van der Waals surface area contributed by atoms with Gasteiger partial charge < -0.3 is 4.74 Å². The molecule has 1 aliphatic heterocycles. The van der Waals surface area contributed by atoms with Crippen molar-refractivity contribution >= 4 is 39.6 Å². The molecule has 0 atom stereocenters. The van der Waals surface area contributed by atoms with Gasteiger partial charge in [-0.15, -0.1) is 0 Å². The van der Waals surface area contributed by atoms with Crippen LogP contribution in [0.1, 0.15) is 12.0 Å². The predicted octanol–water partition coefficient (Wildman–Crippen LogP) is 3.85. The molecule has 1 saturated heterocycles. The van der Waals surface area contributed by atoms with Crippen LogP contribution >= 0.6 is 0 Å². The third kappa shape index (κ3) is 1.99. The molecule has 3 heteroatoms. The van der Waals surface area contributed by atoms with E-state index in [0.717, 1.165) is 27.1 Å². The summed E-state index contributed by atoms with van der Waals surface area (Å²) in [4.78, 5) is 23.0. The maximum absolute atomic E-state index is 11.7. The van der Waals surface area contributed by atoms with E-state index in [-0.39, 0.29) is 6.42 Å². The second-order valence-electron chi connectivity index (χ2n) is 5.34. The van der Waals surface area contributed by atoms with Crippen LogP contribution in [0.4, 0.5) is 0 Å². The molecule has 3 aromatic carbocycles. The SMILES string of the molecule is O=C1CC(=Cc2c3ccccc3cc3ccccc23)C(=O)O1. The monoisotopic (exact) mass is 288 g/mol. The van der Waals surface area contributed by atoms with E-state index >= 15 is 0 Å². The first-order valence-corrected chi connectivity index (χ1v) is 7.08. The molecule has 0 aliphatic carbocycles. The summed E-state index contributed by atoms with van der Waals surface area (Å²) in [6.45, 7) is 0. The summed E-state index contributed by atoms with van der Waals surface area (Å²) in [5.74, 6) is -1.03. The summed E-state index contributed by atoms with van der Waals surface area (Å²) in [6, 6.07) is 18.2. The Bertz CT molecular complexity index is 913. The zero-order valence-electron chi connectivity index (χ0n) is 11.7. The van der Waals surface area contributed by atoms with Crippen molar-refractivity contribution in [2.45, 2.75) is 6.42 Å². The molecule has 3 nitrogen and oxygen atoms in total. The second-order valence-corrected chi connectivity index (χ2v) is 5.34. The minimum absolute atomic E-state index is 0.0381. The highest BCUT2D eigenvalue weighted by atomic mass is 16.6. The lowest BCUT2D eigenvalue weighted by molar-refractivity contribution is -0.151. The Morgan fingerprint density at radius 1 is 0.864 bits per heavy atom. The number of hydrogen-bond acceptors (Lipinski definition) is 3. The van der Waals surface area contributed by atoms with Crippen molar-refractivity contribution in [1.82, 2.24) is 0 Å². The molecule has 0 amide bonds. The highest BCUT2D eigenvalue weighted by Gasteiger charge is 2.27. The number of rotatable bonds is 1. The normalized spacial score (nSPS) is 16.6. The van der Waals surface area contributed by atoms with Crippen LogP contribution in [-0.4, -0.2) is 11.9 Å². The van der Waals surface area contributed by atoms with Crippen molar-refractivity contribution in [1.29, 1.82) is 0 Å². The summed E-state index contributed by atoms with van der Waals surface area (Å²) >= 11 is 0. The van der Waals surface area contributed by atoms with Crippen LogP contribution < -0.4 is 0 Å². The van der Waals surface area contributed by atoms with Crippen molar-refractivity contribution < 1.29 is 14.3 Å². The fraction of sp³-hybridized carbons (Fsp3) is 0.0526. The van der Waals surface area contributed by atoms with Gasteiger partial charge in [-0.1, -0.05) is 48.5 Å². The average Bonchev–Trinajstić information content (AvgIpc) is 2.84. The average molecular weight is 288 g/mol. The molecule has 1 aliphatic rings. The van der Waals surface area contributed by atoms with Crippen LogP contribution in [0.5, 0.6) is 0 Å². The minimum atomic E-state index is -0.540. The van der Waals surface area contributed by atoms with Crippen LogP contribution in [0, 0.1) is 0 Å². The molecule has 3 aromatic rings. The molecular formula is C19H12O3. The van der Waals surface area contributed by atoms with E-state index in [0.29, 0.717) is 5.57 Å². The number of carbonyl (C=O) groups excluding carboxylic acids is 2. The first-order valence-electron chi connectivity index (χ1n) is 7.08. The number of fused-ring (bicyclic) bond motifs is 2. The number of esters is 2. The molecule has 0 saturated carbocycles. The first kappa shape index (κ1) is 12.8. The fourth-order valence-electron chi connectivity index (χ4n) is 2.92. The molecule has 0 spiro atoms. The smallest absolute Gasteiger partial charge is 0.342 e. The number of cyclic esters (lactones) is 2. The zero-order valence-corrected chi connectivity index (χ0v) is 11.7. The third-order valence-corrected chi connectivity index (χ3v) is 3.94. The summed E-state index contributed by atoms with van der Waals surface area (Å²) < 4.78 is 4.62. The quantitative estimate of drug-likeness (QED) is 0.296. The van der Waals surface area contributed by atoms with Gasteiger partial charge in [0.25, 0.3) is 0 Å². The number of carbonyl (C=O) groups is 2. The van der Waals surface area contributed by atoms with Gasteiger partial charge in [-0.2, -0.15) is 0 Å². The topological polar surface area (TPSA) is 43.4 Å². The van der Waals surface area contributed by atoms with E-state index in [2.05, 4.69) is 10.8 Å². The van der Waals surface area contributed by atoms with E-state index in [1.165, 1.54) is 0 Å². The Morgan fingerprint density at radius 2 is 1.45 bits per heavy atom. The standard InChI is InChI=1S/C19H12O3/c20-18-11-14(19(21)22-18)10-17-15-7-3-1-5-12(15)9-13-6-2-4-8-16(13)17/h1-10H,11H2. The van der Waals surface area contributed by atoms with Crippen LogP contribution in [0.3, 0.4) is 0 Å². The summed E-state index contributed by atoms with van der Waals surface area (Å²) in [7, 11) is 0. The van der Waals surface area contributed by atoms with Gasteiger partial charge >= 0.3 is 11.9 Å². The lowest BCUT2D eigenvalue weighted by atomic mass is 9.95. The Labute approximate surface area is 126 Å². The van der Waals surface area contributed by atoms with Crippen molar-refractivity contribution in [3.8, 4) is 0 Å². The van der Waals surface area contributed by atoms with Gasteiger partial charge in [-0.25, -0.2) is 4.79 Å². The molecule has 106 valence electrons. The molecule has 0 unspecified atom stereocenters. The summed E-state index contributed by atoms with van der Waals surface area (Å²) in [5.41, 5.74) is 1.36. The van der Waals surface area contributed by atoms with Crippen molar-refractivity contribution in [2.24, 2.45) is 0 Å². The predicted molar refractivity (Wildman–Crippen MR) is 85.1 cm³/mol. The largest absolute Gasteiger partial charge is 0.389 e. The molecule has 0 radical (unpaired) electrons. The highest BCUT2D eigenvalue weighted by molar-refractivity contribution is 6.13. The van der Waals surface area contributed by atoms with Gasteiger partial charge in [0.2, 0.25) is 0 Å². The van der Waals surface area contributed by atoms with Crippen LogP contribution in [0.2, 0.25) is 0 Å². The van der Waals surface area contributed by atoms with Gasteiger partial charge in [-0.05, 0) is 39.3 Å². The number of ether oxygens (including phenoxy) is 1. The van der Waals surface area contributed by atoms with Crippen molar-refractivity contribution in [2.75, 3.05) is 0 Å². The van der Waals surface area contributed by atoms with Gasteiger partial charge in [0.15, 0.2) is 0 Å². The molecule has 4 rings (SSSR count). The zero-order chi connectivity index (χ0) is 15.1.